The first-order valence-corrected chi connectivity index (χ1v) is 18.5. The first kappa shape index (κ1) is 29.1. The molecule has 51 heavy (non-hydrogen) atoms. The summed E-state index contributed by atoms with van der Waals surface area (Å²) in [5, 5.41) is 5.17. The quantitative estimate of drug-likeness (QED) is 0.179. The molecule has 0 amide bonds. The predicted octanol–water partition coefficient (Wildman–Crippen LogP) is 13.1. The number of benzene rings is 6. The highest BCUT2D eigenvalue weighted by atomic mass is 14.5. The predicted molar refractivity (Wildman–Crippen MR) is 215 cm³/mol. The Balaban J connectivity index is 0.984. The van der Waals surface area contributed by atoms with Crippen LogP contribution in [0.15, 0.2) is 181 Å². The maximum absolute atomic E-state index is 2.45. The Kier molecular flexibility index (Phi) is 6.06. The van der Waals surface area contributed by atoms with Crippen molar-refractivity contribution in [2.75, 3.05) is 0 Å². The second-order valence-corrected chi connectivity index (χ2v) is 15.6. The van der Waals surface area contributed by atoms with E-state index in [1.165, 1.54) is 77.2 Å². The molecule has 0 spiro atoms. The van der Waals surface area contributed by atoms with Crippen LogP contribution in [-0.2, 0) is 5.41 Å². The van der Waals surface area contributed by atoms with Gasteiger partial charge in [0.1, 0.15) is 0 Å². The van der Waals surface area contributed by atoms with E-state index in [9.17, 15) is 0 Å². The minimum atomic E-state index is -0.0120. The maximum atomic E-state index is 2.45. The molecule has 5 aliphatic carbocycles. The molecule has 0 nitrogen and oxygen atoms in total. The fourth-order valence-corrected chi connectivity index (χ4v) is 10.2. The summed E-state index contributed by atoms with van der Waals surface area (Å²) in [7, 11) is 0. The van der Waals surface area contributed by atoms with Crippen LogP contribution in [0.5, 0.6) is 0 Å². The largest absolute Gasteiger partial charge is 0.0764 e. The molecule has 5 aliphatic rings. The summed E-state index contributed by atoms with van der Waals surface area (Å²) in [6, 6.07) is 43.7. The fraction of sp³-hybridized carbons (Fsp3) is 0.137. The molecule has 0 heteroatoms. The summed E-state index contributed by atoms with van der Waals surface area (Å²) in [5.74, 6) is 1.80. The summed E-state index contributed by atoms with van der Waals surface area (Å²) in [4.78, 5) is 0. The van der Waals surface area contributed by atoms with E-state index in [2.05, 4.69) is 184 Å². The van der Waals surface area contributed by atoms with E-state index in [0.717, 1.165) is 0 Å². The fourth-order valence-electron chi connectivity index (χ4n) is 10.2. The first-order valence-electron chi connectivity index (χ1n) is 18.5. The van der Waals surface area contributed by atoms with E-state index in [0.29, 0.717) is 23.7 Å². The van der Waals surface area contributed by atoms with Gasteiger partial charge in [0.25, 0.3) is 0 Å². The van der Waals surface area contributed by atoms with Crippen LogP contribution in [-0.4, -0.2) is 0 Å². The number of hydrogen-bond acceptors (Lipinski definition) is 0. The van der Waals surface area contributed by atoms with Gasteiger partial charge in [0, 0.05) is 29.1 Å². The van der Waals surface area contributed by atoms with Gasteiger partial charge >= 0.3 is 0 Å². The highest BCUT2D eigenvalue weighted by Crippen LogP contribution is 2.57. The molecule has 11 rings (SSSR count). The van der Waals surface area contributed by atoms with Gasteiger partial charge in [0.05, 0.1) is 0 Å². The molecule has 4 unspecified atom stereocenters. The van der Waals surface area contributed by atoms with Crippen LogP contribution in [0.3, 0.4) is 0 Å². The van der Waals surface area contributed by atoms with Crippen molar-refractivity contribution in [2.24, 2.45) is 23.7 Å². The summed E-state index contributed by atoms with van der Waals surface area (Å²) in [5.41, 5.74) is 16.6. The highest BCUT2D eigenvalue weighted by molar-refractivity contribution is 6.05. The van der Waals surface area contributed by atoms with E-state index < -0.39 is 0 Å². The van der Waals surface area contributed by atoms with E-state index in [1.807, 2.05) is 0 Å². The van der Waals surface area contributed by atoms with Crippen molar-refractivity contribution in [1.82, 2.24) is 0 Å². The van der Waals surface area contributed by atoms with Gasteiger partial charge < -0.3 is 0 Å². The Hall–Kier alpha value is -5.72. The van der Waals surface area contributed by atoms with Crippen molar-refractivity contribution in [2.45, 2.75) is 19.3 Å². The van der Waals surface area contributed by atoms with Crippen LogP contribution in [0.4, 0.5) is 0 Å². The second-order valence-electron chi connectivity index (χ2n) is 15.6. The molecule has 0 saturated heterocycles. The minimum Gasteiger partial charge on any atom is -0.0764 e. The molecule has 0 bridgehead atoms. The van der Waals surface area contributed by atoms with Crippen LogP contribution in [0.2, 0.25) is 0 Å². The molecule has 0 radical (unpaired) electrons. The number of fused-ring (bicyclic) bond motifs is 8. The molecular formula is C51H38. The van der Waals surface area contributed by atoms with Crippen LogP contribution in [0.1, 0.15) is 30.5 Å². The second kappa shape index (κ2) is 10.6. The zero-order valence-electron chi connectivity index (χ0n) is 29.0. The lowest BCUT2D eigenvalue weighted by atomic mass is 9.71. The van der Waals surface area contributed by atoms with Gasteiger partial charge in [0.2, 0.25) is 0 Å². The van der Waals surface area contributed by atoms with Gasteiger partial charge in [-0.25, -0.2) is 0 Å². The van der Waals surface area contributed by atoms with Gasteiger partial charge in [-0.15, -0.1) is 0 Å². The average molecular weight is 651 g/mol. The lowest BCUT2D eigenvalue weighted by Crippen LogP contribution is -2.20. The smallest absolute Gasteiger partial charge is 0.0159 e. The zero-order valence-corrected chi connectivity index (χ0v) is 29.0. The average Bonchev–Trinajstić information content (AvgIpc) is 3.63. The van der Waals surface area contributed by atoms with E-state index >= 15 is 0 Å². The Bertz CT molecular complexity index is 2680. The summed E-state index contributed by atoms with van der Waals surface area (Å²) in [6.07, 6.45) is 21.3. The molecule has 6 aromatic carbocycles. The normalized spacial score (nSPS) is 23.0. The lowest BCUT2D eigenvalue weighted by Gasteiger charge is -2.32. The summed E-state index contributed by atoms with van der Waals surface area (Å²) >= 11 is 0. The Morgan fingerprint density at radius 2 is 1.04 bits per heavy atom. The van der Waals surface area contributed by atoms with Gasteiger partial charge in [-0.2, -0.15) is 0 Å². The molecule has 0 heterocycles. The Morgan fingerprint density at radius 3 is 1.88 bits per heavy atom. The molecule has 0 aromatic heterocycles. The SMILES string of the molecule is CC1(C)c2ccccc2-c2ccc(-c3ccc4ccc(-c5ccc(C6=CC=C7C8C=CC=CC8C8=CC=CC6C87)c6ccccc56)cc4c3)cc21. The topological polar surface area (TPSA) is 0 Å². The first-order chi connectivity index (χ1) is 25.0. The van der Waals surface area contributed by atoms with Crippen molar-refractivity contribution in [3.8, 4) is 33.4 Å². The van der Waals surface area contributed by atoms with Crippen molar-refractivity contribution < 1.29 is 0 Å². The maximum Gasteiger partial charge on any atom is 0.0159 e. The molecule has 1 saturated carbocycles. The third-order valence-corrected chi connectivity index (χ3v) is 12.7. The Morgan fingerprint density at radius 1 is 0.431 bits per heavy atom. The molecule has 0 aliphatic heterocycles. The van der Waals surface area contributed by atoms with Crippen molar-refractivity contribution in [3.63, 3.8) is 0 Å². The van der Waals surface area contributed by atoms with Crippen molar-refractivity contribution >= 4 is 27.1 Å². The van der Waals surface area contributed by atoms with Crippen molar-refractivity contribution in [1.29, 1.82) is 0 Å². The minimum absolute atomic E-state index is 0.0120. The molecular weight excluding hydrogens is 613 g/mol. The van der Waals surface area contributed by atoms with E-state index in [-0.39, 0.29) is 5.41 Å². The third kappa shape index (κ3) is 4.14. The van der Waals surface area contributed by atoms with Crippen LogP contribution >= 0.6 is 0 Å². The van der Waals surface area contributed by atoms with Crippen LogP contribution in [0.25, 0.3) is 60.5 Å². The highest BCUT2D eigenvalue weighted by Gasteiger charge is 2.46. The van der Waals surface area contributed by atoms with Crippen LogP contribution in [0, 0.1) is 23.7 Å². The molecule has 242 valence electrons. The monoisotopic (exact) mass is 650 g/mol. The molecule has 0 N–H and O–H groups in total. The van der Waals surface area contributed by atoms with Gasteiger partial charge in [-0.3, -0.25) is 0 Å². The lowest BCUT2D eigenvalue weighted by molar-refractivity contribution is 0.623. The van der Waals surface area contributed by atoms with Gasteiger partial charge in [-0.05, 0) is 95.4 Å². The molecule has 4 atom stereocenters. The van der Waals surface area contributed by atoms with E-state index in [4.69, 9.17) is 0 Å². The number of allylic oxidation sites excluding steroid dienone is 12. The van der Waals surface area contributed by atoms with Crippen LogP contribution < -0.4 is 0 Å². The zero-order chi connectivity index (χ0) is 33.8. The van der Waals surface area contributed by atoms with Crippen molar-refractivity contribution in [3.05, 3.63) is 198 Å². The Labute approximate surface area is 300 Å². The van der Waals surface area contributed by atoms with Gasteiger partial charge in [-0.1, -0.05) is 177 Å². The standard InChI is InChI=1S/C51H38/c1-51(2)48-17-8-7-14-43(48)44-23-22-33(30-49(44)51)32-20-18-31-19-21-34(29-35(31)28-32)36-24-25-41(38-11-4-3-10-37(36)38)42-26-27-47-40-13-6-5-12-39(40)45-15-9-16-46(42)50(45)47/h3-30,39-40,46,50H,1-2H3. The summed E-state index contributed by atoms with van der Waals surface area (Å²) in [6.45, 7) is 4.72. The number of hydrogen-bond donors (Lipinski definition) is 0. The third-order valence-electron chi connectivity index (χ3n) is 12.7. The molecule has 6 aromatic rings. The molecule has 1 fully saturated rings. The summed E-state index contributed by atoms with van der Waals surface area (Å²) < 4.78 is 0. The van der Waals surface area contributed by atoms with E-state index in [1.54, 1.807) is 11.1 Å². The van der Waals surface area contributed by atoms with Gasteiger partial charge in [0.15, 0.2) is 0 Å². The number of rotatable bonds is 3.